The number of amides is 1. The normalized spacial score (nSPS) is 15.1. The van der Waals surface area contributed by atoms with Crippen molar-refractivity contribution < 1.29 is 18.0 Å². The Bertz CT molecular complexity index is 868. The Labute approximate surface area is 156 Å². The van der Waals surface area contributed by atoms with Crippen molar-refractivity contribution in [3.8, 4) is 0 Å². The summed E-state index contributed by atoms with van der Waals surface area (Å²) >= 11 is 1.36. The lowest BCUT2D eigenvalue weighted by atomic mass is 10.2. The van der Waals surface area contributed by atoms with Crippen molar-refractivity contribution in [2.45, 2.75) is 30.6 Å². The van der Waals surface area contributed by atoms with Crippen LogP contribution in [0.2, 0.25) is 0 Å². The van der Waals surface area contributed by atoms with E-state index in [0.717, 1.165) is 12.8 Å². The van der Waals surface area contributed by atoms with Crippen LogP contribution in [0.1, 0.15) is 35.4 Å². The molecule has 1 aliphatic rings. The van der Waals surface area contributed by atoms with Crippen molar-refractivity contribution in [2.75, 3.05) is 18.4 Å². The van der Waals surface area contributed by atoms with Crippen LogP contribution in [0.3, 0.4) is 0 Å². The number of carbonyl (C=O) groups is 2. The second kappa shape index (κ2) is 8.11. The standard InChI is InChI=1S/C18H20N2O4S2/c21-16(17-4-3-13-25-17)9-10-18(22)19-14-5-7-15(8-6-14)26(23,24)20-11-1-2-12-20/h3-8,13H,1-2,9-12H2,(H,19,22). The minimum absolute atomic E-state index is 0.0535. The lowest BCUT2D eigenvalue weighted by molar-refractivity contribution is -0.116. The van der Waals surface area contributed by atoms with Gasteiger partial charge in [-0.15, -0.1) is 11.3 Å². The highest BCUT2D eigenvalue weighted by Crippen LogP contribution is 2.22. The molecule has 3 rings (SSSR count). The third-order valence-electron chi connectivity index (χ3n) is 4.22. The van der Waals surface area contributed by atoms with Gasteiger partial charge in [-0.25, -0.2) is 8.42 Å². The fraction of sp³-hybridized carbons (Fsp3) is 0.333. The summed E-state index contributed by atoms with van der Waals surface area (Å²) in [6.07, 6.45) is 2.01. The zero-order valence-corrected chi connectivity index (χ0v) is 15.8. The van der Waals surface area contributed by atoms with Crippen LogP contribution >= 0.6 is 11.3 Å². The molecule has 0 aliphatic carbocycles. The molecule has 1 saturated heterocycles. The highest BCUT2D eigenvalue weighted by molar-refractivity contribution is 7.89. The Morgan fingerprint density at radius 1 is 1.04 bits per heavy atom. The van der Waals surface area contributed by atoms with E-state index in [9.17, 15) is 18.0 Å². The molecule has 0 atom stereocenters. The number of hydrogen-bond donors (Lipinski definition) is 1. The van der Waals surface area contributed by atoms with E-state index in [1.54, 1.807) is 24.3 Å². The summed E-state index contributed by atoms with van der Waals surface area (Å²) in [6, 6.07) is 9.68. The van der Waals surface area contributed by atoms with Gasteiger partial charge in [0.05, 0.1) is 9.77 Å². The molecule has 26 heavy (non-hydrogen) atoms. The quantitative estimate of drug-likeness (QED) is 0.734. The lowest BCUT2D eigenvalue weighted by Gasteiger charge is -2.15. The van der Waals surface area contributed by atoms with Gasteiger partial charge in [0.25, 0.3) is 0 Å². The minimum Gasteiger partial charge on any atom is -0.326 e. The van der Waals surface area contributed by atoms with Gasteiger partial charge < -0.3 is 5.32 Å². The maximum Gasteiger partial charge on any atom is 0.243 e. The Kier molecular flexibility index (Phi) is 5.85. The first-order valence-electron chi connectivity index (χ1n) is 8.43. The van der Waals surface area contributed by atoms with E-state index in [-0.39, 0.29) is 29.4 Å². The van der Waals surface area contributed by atoms with Crippen LogP contribution in [0.5, 0.6) is 0 Å². The van der Waals surface area contributed by atoms with Crippen LogP contribution in [0.15, 0.2) is 46.7 Å². The number of nitrogens with zero attached hydrogens (tertiary/aromatic N) is 1. The second-order valence-corrected chi connectivity index (χ2v) is 8.97. The van der Waals surface area contributed by atoms with Crippen molar-refractivity contribution in [1.29, 1.82) is 0 Å². The maximum atomic E-state index is 12.5. The number of benzene rings is 1. The monoisotopic (exact) mass is 392 g/mol. The van der Waals surface area contributed by atoms with E-state index in [2.05, 4.69) is 5.32 Å². The van der Waals surface area contributed by atoms with E-state index in [1.165, 1.54) is 27.8 Å². The number of rotatable bonds is 7. The summed E-state index contributed by atoms with van der Waals surface area (Å²) in [6.45, 7) is 1.11. The van der Waals surface area contributed by atoms with Gasteiger partial charge in [0, 0.05) is 31.6 Å². The zero-order valence-electron chi connectivity index (χ0n) is 14.2. The van der Waals surface area contributed by atoms with Crippen molar-refractivity contribution >= 4 is 38.7 Å². The van der Waals surface area contributed by atoms with Crippen LogP contribution in [0.25, 0.3) is 0 Å². The summed E-state index contributed by atoms with van der Waals surface area (Å²) in [4.78, 5) is 24.8. The van der Waals surface area contributed by atoms with Crippen molar-refractivity contribution in [3.05, 3.63) is 46.7 Å². The number of carbonyl (C=O) groups excluding carboxylic acids is 2. The van der Waals surface area contributed by atoms with Crippen LogP contribution in [0.4, 0.5) is 5.69 Å². The summed E-state index contributed by atoms with van der Waals surface area (Å²) in [5.41, 5.74) is 0.513. The summed E-state index contributed by atoms with van der Waals surface area (Å²) in [5, 5.41) is 4.52. The van der Waals surface area contributed by atoms with Crippen LogP contribution in [0, 0.1) is 0 Å². The molecule has 2 heterocycles. The average Bonchev–Trinajstić information content (AvgIpc) is 3.33. The van der Waals surface area contributed by atoms with Crippen molar-refractivity contribution in [1.82, 2.24) is 4.31 Å². The SMILES string of the molecule is O=C(CCC(=O)c1cccs1)Nc1ccc(S(=O)(=O)N2CCCC2)cc1. The molecule has 8 heteroatoms. The highest BCUT2D eigenvalue weighted by Gasteiger charge is 2.26. The third-order valence-corrected chi connectivity index (χ3v) is 7.04. The topological polar surface area (TPSA) is 83.5 Å². The first-order valence-corrected chi connectivity index (χ1v) is 10.8. The largest absolute Gasteiger partial charge is 0.326 e. The Morgan fingerprint density at radius 3 is 2.35 bits per heavy atom. The van der Waals surface area contributed by atoms with Gasteiger partial charge in [-0.05, 0) is 48.6 Å². The van der Waals surface area contributed by atoms with E-state index in [1.807, 2.05) is 5.38 Å². The molecule has 0 spiro atoms. The van der Waals surface area contributed by atoms with E-state index in [4.69, 9.17) is 0 Å². The fourth-order valence-corrected chi connectivity index (χ4v) is 5.01. The molecule has 138 valence electrons. The highest BCUT2D eigenvalue weighted by atomic mass is 32.2. The van der Waals surface area contributed by atoms with Crippen LogP contribution in [-0.4, -0.2) is 37.5 Å². The number of anilines is 1. The molecule has 1 N–H and O–H groups in total. The van der Waals surface area contributed by atoms with Crippen LogP contribution < -0.4 is 5.32 Å². The maximum absolute atomic E-state index is 12.5. The molecule has 0 unspecified atom stereocenters. The van der Waals surface area contributed by atoms with Gasteiger partial charge in [0.1, 0.15) is 0 Å². The van der Waals surface area contributed by atoms with Gasteiger partial charge in [-0.2, -0.15) is 4.31 Å². The van der Waals surface area contributed by atoms with Crippen molar-refractivity contribution in [2.24, 2.45) is 0 Å². The Balaban J connectivity index is 1.55. The summed E-state index contributed by atoms with van der Waals surface area (Å²) in [7, 11) is -3.45. The van der Waals surface area contributed by atoms with Gasteiger partial charge >= 0.3 is 0 Å². The third kappa shape index (κ3) is 4.38. The predicted octanol–water partition coefficient (Wildman–Crippen LogP) is 3.13. The molecule has 0 saturated carbocycles. The van der Waals surface area contributed by atoms with Crippen LogP contribution in [-0.2, 0) is 14.8 Å². The average molecular weight is 393 g/mol. The molecule has 6 nitrogen and oxygen atoms in total. The molecule has 0 bridgehead atoms. The molecular weight excluding hydrogens is 372 g/mol. The number of ketones is 1. The number of nitrogens with one attached hydrogen (secondary N) is 1. The van der Waals surface area contributed by atoms with Crippen molar-refractivity contribution in [3.63, 3.8) is 0 Å². The first kappa shape index (κ1) is 18.8. The second-order valence-electron chi connectivity index (χ2n) is 6.08. The van der Waals surface area contributed by atoms with Gasteiger partial charge in [-0.1, -0.05) is 6.07 Å². The first-order chi connectivity index (χ1) is 12.5. The molecule has 1 aliphatic heterocycles. The molecular formula is C18H20N2O4S2. The summed E-state index contributed by atoms with van der Waals surface area (Å²) in [5.74, 6) is -0.327. The van der Waals surface area contributed by atoms with Gasteiger partial charge in [0.15, 0.2) is 5.78 Å². The predicted molar refractivity (Wildman–Crippen MR) is 101 cm³/mol. The number of sulfonamides is 1. The number of Topliss-reactive ketones (excluding diaryl/α,β-unsaturated/α-hetero) is 1. The Morgan fingerprint density at radius 2 is 1.73 bits per heavy atom. The smallest absolute Gasteiger partial charge is 0.243 e. The summed E-state index contributed by atoms with van der Waals surface area (Å²) < 4.78 is 26.4. The molecule has 1 aromatic heterocycles. The lowest BCUT2D eigenvalue weighted by Crippen LogP contribution is -2.27. The van der Waals surface area contributed by atoms with E-state index >= 15 is 0 Å². The fourth-order valence-electron chi connectivity index (χ4n) is 2.80. The Hall–Kier alpha value is -2.03. The van der Waals surface area contributed by atoms with Gasteiger partial charge in [0.2, 0.25) is 15.9 Å². The molecule has 2 aromatic rings. The van der Waals surface area contributed by atoms with E-state index in [0.29, 0.717) is 23.7 Å². The number of hydrogen-bond acceptors (Lipinski definition) is 5. The number of thiophene rings is 1. The minimum atomic E-state index is -3.45. The van der Waals surface area contributed by atoms with E-state index < -0.39 is 10.0 Å². The molecule has 1 amide bonds. The molecule has 1 fully saturated rings. The molecule has 1 aromatic carbocycles. The zero-order chi connectivity index (χ0) is 18.6. The van der Waals surface area contributed by atoms with Gasteiger partial charge in [-0.3, -0.25) is 9.59 Å². The molecule has 0 radical (unpaired) electrons.